The number of nitrogens with zero attached hydrogens (tertiary/aromatic N) is 2. The Labute approximate surface area is 117 Å². The van der Waals surface area contributed by atoms with Crippen molar-refractivity contribution < 1.29 is 0 Å². The molecule has 0 spiro atoms. The van der Waals surface area contributed by atoms with Crippen LogP contribution in [0.15, 0.2) is 0 Å². The number of alkyl halides is 4. The van der Waals surface area contributed by atoms with E-state index in [9.17, 15) is 0 Å². The van der Waals surface area contributed by atoms with Crippen molar-refractivity contribution in [1.82, 2.24) is 9.34 Å². The van der Waals surface area contributed by atoms with Gasteiger partial charge >= 0.3 is 117 Å². The van der Waals surface area contributed by atoms with Crippen molar-refractivity contribution in [3.05, 3.63) is 0 Å². The van der Waals surface area contributed by atoms with Crippen molar-refractivity contribution in [1.29, 1.82) is 0 Å². The molecular weight excluding hydrogens is 355 g/mol. The second-order valence-electron chi connectivity index (χ2n) is 2.87. The van der Waals surface area contributed by atoms with Crippen LogP contribution >= 0.6 is 85.1 Å². The number of halogens is 7. The Morgan fingerprint density at radius 3 is 1.43 bits per heavy atom. The molecule has 0 aromatic rings. The Morgan fingerprint density at radius 1 is 1.00 bits per heavy atom. The molecule has 0 bridgehead atoms. The molecule has 0 N–H and O–H groups in total. The first kappa shape index (κ1) is 14.4. The Bertz CT molecular complexity index is 253. The summed E-state index contributed by atoms with van der Waals surface area (Å²) in [4.78, 5) is -3.67. The summed E-state index contributed by atoms with van der Waals surface area (Å²) in [6.07, 6.45) is 0. The van der Waals surface area contributed by atoms with Crippen LogP contribution in [0.2, 0.25) is 0 Å². The van der Waals surface area contributed by atoms with Gasteiger partial charge in [-0.25, -0.2) is 0 Å². The molecule has 86 valence electrons. The fourth-order valence-electron chi connectivity index (χ4n) is 1.16. The molecule has 1 rings (SSSR count). The van der Waals surface area contributed by atoms with Crippen LogP contribution in [0.5, 0.6) is 0 Å². The predicted octanol–water partition coefficient (Wildman–Crippen LogP) is 4.97. The fraction of sp³-hybridized carbons (Fsp3) is 1.00. The molecule has 1 saturated heterocycles. The molecule has 0 radical (unpaired) electrons. The molecule has 0 unspecified atom stereocenters. The molecule has 0 atom stereocenters. The average molecular weight is 361 g/mol. The van der Waals surface area contributed by atoms with Gasteiger partial charge in [0.15, 0.2) is 0 Å². The molecule has 1 fully saturated rings. The molecule has 0 aromatic heterocycles. The monoisotopic (exact) mass is 358 g/mol. The van der Waals surface area contributed by atoms with Gasteiger partial charge in [-0.1, -0.05) is 0 Å². The maximum absolute atomic E-state index is 6.09. The zero-order valence-corrected chi connectivity index (χ0v) is 13.2. The quantitative estimate of drug-likeness (QED) is 0.341. The van der Waals surface area contributed by atoms with Crippen LogP contribution in [-0.4, -0.2) is 32.4 Å². The predicted molar refractivity (Wildman–Crippen MR) is 68.9 cm³/mol. The third kappa shape index (κ3) is 1.66. The molecule has 0 amide bonds. The van der Waals surface area contributed by atoms with Gasteiger partial charge in [0, 0.05) is 0 Å². The van der Waals surface area contributed by atoms with E-state index >= 15 is 0 Å². The van der Waals surface area contributed by atoms with Crippen molar-refractivity contribution >= 4 is 85.1 Å². The van der Waals surface area contributed by atoms with Crippen molar-refractivity contribution in [2.75, 3.05) is 14.1 Å². The van der Waals surface area contributed by atoms with Crippen LogP contribution in [0.1, 0.15) is 0 Å². The van der Waals surface area contributed by atoms with Crippen LogP contribution in [-0.2, 0) is 0 Å². The molecule has 10 heteroatoms. The van der Waals surface area contributed by atoms with Crippen LogP contribution in [0.25, 0.3) is 0 Å². The van der Waals surface area contributed by atoms with Gasteiger partial charge in [0.1, 0.15) is 0 Å². The van der Waals surface area contributed by atoms with E-state index in [1.807, 2.05) is 0 Å². The van der Waals surface area contributed by atoms with Gasteiger partial charge in [-0.05, 0) is 0 Å². The Balaban J connectivity index is 3.14. The summed E-state index contributed by atoms with van der Waals surface area (Å²) in [5.74, 6) is 0. The van der Waals surface area contributed by atoms with Crippen molar-refractivity contribution in [2.24, 2.45) is 0 Å². The molecular formula is C4H6Cl7N2P. The van der Waals surface area contributed by atoms with E-state index in [-0.39, 0.29) is 0 Å². The number of rotatable bonds is 0. The second-order valence-corrected chi connectivity index (χ2v) is 15.7. The first-order chi connectivity index (χ1) is 5.84. The van der Waals surface area contributed by atoms with Gasteiger partial charge in [-0.15, -0.1) is 0 Å². The van der Waals surface area contributed by atoms with Crippen LogP contribution < -0.4 is 0 Å². The Kier molecular flexibility index (Phi) is 3.55. The van der Waals surface area contributed by atoms with Gasteiger partial charge in [0.2, 0.25) is 0 Å². The summed E-state index contributed by atoms with van der Waals surface area (Å²) in [5.41, 5.74) is 0. The summed E-state index contributed by atoms with van der Waals surface area (Å²) in [5, 5.41) is -1.43. The topological polar surface area (TPSA) is 6.48 Å². The standard InChI is InChI=1S/C4H6Cl7N2P/c1-12-4(8,3(5,6)7)13(2)14(12,9,10)11/h1-2H3. The minimum absolute atomic E-state index is 1.28. The first-order valence-corrected chi connectivity index (χ1v) is 9.62. The van der Waals surface area contributed by atoms with Gasteiger partial charge in [-0.3, -0.25) is 0 Å². The van der Waals surface area contributed by atoms with Crippen LogP contribution in [0.4, 0.5) is 0 Å². The van der Waals surface area contributed by atoms with E-state index in [0.717, 1.165) is 0 Å². The fourth-order valence-corrected chi connectivity index (χ4v) is 7.51. The molecule has 14 heavy (non-hydrogen) atoms. The molecule has 0 aromatic carbocycles. The van der Waals surface area contributed by atoms with E-state index in [2.05, 4.69) is 0 Å². The summed E-state index contributed by atoms with van der Waals surface area (Å²) in [6.45, 7) is 0. The van der Waals surface area contributed by atoms with Gasteiger partial charge in [0.25, 0.3) is 0 Å². The Hall–Kier alpha value is 2.38. The zero-order chi connectivity index (χ0) is 11.6. The average Bonchev–Trinajstić information content (AvgIpc) is 1.97. The maximum atomic E-state index is 6.09. The Morgan fingerprint density at radius 2 is 1.29 bits per heavy atom. The molecule has 1 aliphatic heterocycles. The van der Waals surface area contributed by atoms with Crippen molar-refractivity contribution in [3.8, 4) is 0 Å². The second kappa shape index (κ2) is 3.45. The molecule has 1 heterocycles. The van der Waals surface area contributed by atoms with E-state index < -0.39 is 13.9 Å². The molecule has 2 nitrogen and oxygen atoms in total. The third-order valence-electron chi connectivity index (χ3n) is 2.17. The normalized spacial score (nSPS) is 41.1. The molecule has 0 saturated carbocycles. The van der Waals surface area contributed by atoms with Crippen LogP contribution in [0, 0.1) is 0 Å². The zero-order valence-electron chi connectivity index (χ0n) is 6.99. The van der Waals surface area contributed by atoms with Crippen molar-refractivity contribution in [2.45, 2.75) is 8.91 Å². The van der Waals surface area contributed by atoms with E-state index in [1.54, 1.807) is 0 Å². The summed E-state index contributed by atoms with van der Waals surface area (Å²) >= 11 is 41.3. The van der Waals surface area contributed by atoms with Crippen molar-refractivity contribution in [3.63, 3.8) is 0 Å². The van der Waals surface area contributed by atoms with Crippen LogP contribution in [0.3, 0.4) is 0 Å². The van der Waals surface area contributed by atoms with Gasteiger partial charge in [-0.2, -0.15) is 0 Å². The summed E-state index contributed by atoms with van der Waals surface area (Å²) in [6, 6.07) is 0. The number of hydrogen-bond donors (Lipinski definition) is 0. The van der Waals surface area contributed by atoms with Gasteiger partial charge in [0.05, 0.1) is 0 Å². The summed E-state index contributed by atoms with van der Waals surface area (Å²) in [7, 11) is 3.00. The molecule has 0 aliphatic carbocycles. The van der Waals surface area contributed by atoms with E-state index in [0.29, 0.717) is 0 Å². The van der Waals surface area contributed by atoms with E-state index in [1.165, 1.54) is 23.4 Å². The van der Waals surface area contributed by atoms with E-state index in [4.69, 9.17) is 80.1 Å². The number of hydrogen-bond acceptors (Lipinski definition) is 2. The van der Waals surface area contributed by atoms with Gasteiger partial charge < -0.3 is 0 Å². The summed E-state index contributed by atoms with van der Waals surface area (Å²) < 4.78 is 0.772. The SMILES string of the molecule is CN1C(Cl)(C(Cl)(Cl)Cl)N(C)P1(Cl)(Cl)Cl. The first-order valence-electron chi connectivity index (χ1n) is 3.25. The third-order valence-corrected chi connectivity index (χ3v) is 10.8. The minimum atomic E-state index is -3.67. The molecule has 1 aliphatic rings.